The highest BCUT2D eigenvalue weighted by Gasteiger charge is 2.19. The number of hydrogen-bond acceptors (Lipinski definition) is 3. The molecule has 0 bridgehead atoms. The largest absolute Gasteiger partial charge is 0.493 e. The Labute approximate surface area is 94.4 Å². The van der Waals surface area contributed by atoms with Crippen LogP contribution in [0.5, 0.6) is 5.75 Å². The Morgan fingerprint density at radius 3 is 3.12 bits per heavy atom. The molecule has 0 radical (unpaired) electrons. The van der Waals surface area contributed by atoms with E-state index < -0.39 is 0 Å². The zero-order valence-electron chi connectivity index (χ0n) is 9.32. The first-order valence-electron chi connectivity index (χ1n) is 5.64. The van der Waals surface area contributed by atoms with Crippen LogP contribution in [0.25, 0.3) is 11.0 Å². The van der Waals surface area contributed by atoms with Crippen molar-refractivity contribution in [3.05, 3.63) is 30.0 Å². The van der Waals surface area contributed by atoms with Crippen LogP contribution in [0.4, 0.5) is 0 Å². The van der Waals surface area contributed by atoms with Crippen LogP contribution >= 0.6 is 0 Å². The minimum Gasteiger partial charge on any atom is -0.493 e. The molecule has 3 nitrogen and oxygen atoms in total. The van der Waals surface area contributed by atoms with Gasteiger partial charge in [0.05, 0.1) is 13.4 Å². The number of hydrogen-bond donors (Lipinski definition) is 1. The highest BCUT2D eigenvalue weighted by molar-refractivity contribution is 5.84. The van der Waals surface area contributed by atoms with E-state index in [1.165, 1.54) is 12.0 Å². The van der Waals surface area contributed by atoms with Crippen molar-refractivity contribution in [1.29, 1.82) is 0 Å². The van der Waals surface area contributed by atoms with Crippen molar-refractivity contribution in [2.45, 2.75) is 12.3 Å². The normalized spacial score (nSPS) is 20.4. The zero-order chi connectivity index (χ0) is 11.0. The molecule has 1 fully saturated rings. The molecule has 2 heterocycles. The van der Waals surface area contributed by atoms with Crippen LogP contribution in [0, 0.1) is 0 Å². The number of benzene rings is 1. The van der Waals surface area contributed by atoms with Crippen molar-refractivity contribution in [1.82, 2.24) is 5.32 Å². The number of methoxy groups -OCH3 is 1. The lowest BCUT2D eigenvalue weighted by atomic mass is 9.97. The lowest BCUT2D eigenvalue weighted by molar-refractivity contribution is 0.409. The summed E-state index contributed by atoms with van der Waals surface area (Å²) in [4.78, 5) is 0. The average molecular weight is 217 g/mol. The Hall–Kier alpha value is -1.48. The number of nitrogens with one attached hydrogen (secondary N) is 1. The van der Waals surface area contributed by atoms with Crippen molar-refractivity contribution in [2.24, 2.45) is 0 Å². The second kappa shape index (κ2) is 3.83. The molecule has 3 heteroatoms. The Morgan fingerprint density at radius 2 is 2.38 bits per heavy atom. The van der Waals surface area contributed by atoms with E-state index in [0.29, 0.717) is 5.92 Å². The Bertz CT molecular complexity index is 498. The maximum absolute atomic E-state index is 5.42. The second-order valence-corrected chi connectivity index (χ2v) is 4.25. The van der Waals surface area contributed by atoms with Crippen LogP contribution in [0.3, 0.4) is 0 Å². The number of rotatable bonds is 2. The van der Waals surface area contributed by atoms with Gasteiger partial charge in [0.1, 0.15) is 0 Å². The van der Waals surface area contributed by atoms with Gasteiger partial charge in [-0.3, -0.25) is 0 Å². The fraction of sp³-hybridized carbons (Fsp3) is 0.385. The van der Waals surface area contributed by atoms with Crippen molar-refractivity contribution >= 4 is 11.0 Å². The molecule has 0 saturated carbocycles. The summed E-state index contributed by atoms with van der Waals surface area (Å²) in [5.74, 6) is 1.44. The summed E-state index contributed by atoms with van der Waals surface area (Å²) in [6.45, 7) is 2.17. The van der Waals surface area contributed by atoms with Crippen molar-refractivity contribution in [3.63, 3.8) is 0 Å². The van der Waals surface area contributed by atoms with Gasteiger partial charge in [-0.1, -0.05) is 0 Å². The third-order valence-electron chi connectivity index (χ3n) is 3.29. The molecule has 1 aliphatic rings. The monoisotopic (exact) mass is 217 g/mol. The molecular formula is C13H15NO2. The van der Waals surface area contributed by atoms with Crippen molar-refractivity contribution < 1.29 is 9.15 Å². The van der Waals surface area contributed by atoms with Crippen LogP contribution in [0.15, 0.2) is 28.9 Å². The highest BCUT2D eigenvalue weighted by atomic mass is 16.5. The Kier molecular flexibility index (Phi) is 2.33. The molecule has 1 unspecified atom stereocenters. The molecule has 2 aromatic rings. The third kappa shape index (κ3) is 1.48. The molecule has 1 aromatic carbocycles. The summed E-state index contributed by atoms with van der Waals surface area (Å²) in [5.41, 5.74) is 2.19. The minimum atomic E-state index is 0.605. The molecule has 16 heavy (non-hydrogen) atoms. The van der Waals surface area contributed by atoms with Gasteiger partial charge < -0.3 is 14.5 Å². The summed E-state index contributed by atoms with van der Waals surface area (Å²) in [6, 6.07) is 6.30. The zero-order valence-corrected chi connectivity index (χ0v) is 9.32. The standard InChI is InChI=1S/C13H15NO2/c1-15-12-7-11(10-2-4-14-8-10)6-9-3-5-16-13(9)12/h3,5-7,10,14H,2,4,8H2,1H3. The predicted molar refractivity (Wildman–Crippen MR) is 63.0 cm³/mol. The molecule has 0 aliphatic carbocycles. The molecule has 1 aromatic heterocycles. The van der Waals surface area contributed by atoms with Crippen molar-refractivity contribution in [3.8, 4) is 5.75 Å². The SMILES string of the molecule is COc1cc(C2CCNC2)cc2ccoc12. The summed E-state index contributed by atoms with van der Waals surface area (Å²) in [5, 5.41) is 4.51. The molecule has 1 aliphatic heterocycles. The summed E-state index contributed by atoms with van der Waals surface area (Å²) >= 11 is 0. The molecule has 84 valence electrons. The van der Waals surface area contributed by atoms with Gasteiger partial charge in [-0.25, -0.2) is 0 Å². The first kappa shape index (κ1) is 9.73. The van der Waals surface area contributed by atoms with Crippen LogP contribution in [-0.2, 0) is 0 Å². The van der Waals surface area contributed by atoms with Crippen LogP contribution in [0.2, 0.25) is 0 Å². The van der Waals surface area contributed by atoms with Gasteiger partial charge in [-0.2, -0.15) is 0 Å². The van der Waals surface area contributed by atoms with Gasteiger partial charge in [-0.15, -0.1) is 0 Å². The van der Waals surface area contributed by atoms with E-state index in [9.17, 15) is 0 Å². The molecule has 1 atom stereocenters. The highest BCUT2D eigenvalue weighted by Crippen LogP contribution is 2.33. The lowest BCUT2D eigenvalue weighted by Gasteiger charge is -2.10. The third-order valence-corrected chi connectivity index (χ3v) is 3.29. The van der Waals surface area contributed by atoms with Gasteiger partial charge in [0.25, 0.3) is 0 Å². The van der Waals surface area contributed by atoms with Gasteiger partial charge in [0.15, 0.2) is 11.3 Å². The molecular weight excluding hydrogens is 202 g/mol. The average Bonchev–Trinajstić information content (AvgIpc) is 2.97. The van der Waals surface area contributed by atoms with E-state index >= 15 is 0 Å². The Morgan fingerprint density at radius 1 is 1.44 bits per heavy atom. The van der Waals surface area contributed by atoms with E-state index in [1.807, 2.05) is 6.07 Å². The molecule has 0 spiro atoms. The van der Waals surface area contributed by atoms with Gasteiger partial charge in [0.2, 0.25) is 0 Å². The van der Waals surface area contributed by atoms with Crippen molar-refractivity contribution in [2.75, 3.05) is 20.2 Å². The first-order valence-corrected chi connectivity index (χ1v) is 5.64. The fourth-order valence-electron chi connectivity index (χ4n) is 2.40. The summed E-state index contributed by atoms with van der Waals surface area (Å²) in [7, 11) is 1.69. The van der Waals surface area contributed by atoms with Crippen LogP contribution in [0.1, 0.15) is 17.9 Å². The molecule has 3 rings (SSSR count). The van der Waals surface area contributed by atoms with E-state index in [-0.39, 0.29) is 0 Å². The van der Waals surface area contributed by atoms with Gasteiger partial charge in [-0.05, 0) is 42.6 Å². The van der Waals surface area contributed by atoms with E-state index in [2.05, 4.69) is 17.4 Å². The lowest BCUT2D eigenvalue weighted by Crippen LogP contribution is -2.08. The molecule has 1 N–H and O–H groups in total. The fourth-order valence-corrected chi connectivity index (χ4v) is 2.40. The summed E-state index contributed by atoms with van der Waals surface area (Å²) < 4.78 is 10.8. The topological polar surface area (TPSA) is 34.4 Å². The minimum absolute atomic E-state index is 0.605. The summed E-state index contributed by atoms with van der Waals surface area (Å²) in [6.07, 6.45) is 2.91. The maximum Gasteiger partial charge on any atom is 0.175 e. The second-order valence-electron chi connectivity index (χ2n) is 4.25. The van der Waals surface area contributed by atoms with Gasteiger partial charge >= 0.3 is 0 Å². The maximum atomic E-state index is 5.42. The molecule has 1 saturated heterocycles. The van der Waals surface area contributed by atoms with Crippen LogP contribution in [-0.4, -0.2) is 20.2 Å². The van der Waals surface area contributed by atoms with E-state index in [4.69, 9.17) is 9.15 Å². The van der Waals surface area contributed by atoms with E-state index in [0.717, 1.165) is 29.8 Å². The number of fused-ring (bicyclic) bond motifs is 1. The smallest absolute Gasteiger partial charge is 0.175 e. The van der Waals surface area contributed by atoms with Gasteiger partial charge in [0, 0.05) is 11.9 Å². The molecule has 0 amide bonds. The first-order chi connectivity index (χ1) is 7.88. The predicted octanol–water partition coefficient (Wildman–Crippen LogP) is 2.52. The quantitative estimate of drug-likeness (QED) is 0.839. The number of ether oxygens (including phenoxy) is 1. The Balaban J connectivity index is 2.10. The van der Waals surface area contributed by atoms with Crippen LogP contribution < -0.4 is 10.1 Å². The number of furan rings is 1. The van der Waals surface area contributed by atoms with E-state index in [1.54, 1.807) is 13.4 Å².